The lowest BCUT2D eigenvalue weighted by atomic mass is 10.0. The van der Waals surface area contributed by atoms with Gasteiger partial charge in [0.15, 0.2) is 5.96 Å². The van der Waals surface area contributed by atoms with E-state index in [1.807, 2.05) is 18.2 Å². The molecule has 1 aromatic rings. The van der Waals surface area contributed by atoms with Gasteiger partial charge in [-0.1, -0.05) is 32.0 Å². The highest BCUT2D eigenvalue weighted by atomic mass is 127. The van der Waals surface area contributed by atoms with Crippen LogP contribution in [0.15, 0.2) is 29.3 Å². The number of rotatable bonds is 12. The SMILES string of the molecule is CCNC(=NCc1ccccc1OCCN(CC)CC)NCC(C)(C)N1CCOCC1.I. The first-order valence-electron chi connectivity index (χ1n) is 11.8. The molecular weight excluding hydrogens is 517 g/mol. The van der Waals surface area contributed by atoms with Crippen LogP contribution in [0.5, 0.6) is 5.75 Å². The van der Waals surface area contributed by atoms with Crippen LogP contribution < -0.4 is 15.4 Å². The van der Waals surface area contributed by atoms with Crippen LogP contribution in [0.3, 0.4) is 0 Å². The lowest BCUT2D eigenvalue weighted by Crippen LogP contribution is -2.56. The number of ether oxygens (including phenoxy) is 2. The molecule has 1 fully saturated rings. The molecule has 1 aromatic carbocycles. The van der Waals surface area contributed by atoms with Crippen molar-refractivity contribution in [3.05, 3.63) is 29.8 Å². The molecule has 0 aromatic heterocycles. The van der Waals surface area contributed by atoms with Crippen molar-refractivity contribution in [1.82, 2.24) is 20.4 Å². The highest BCUT2D eigenvalue weighted by Crippen LogP contribution is 2.19. The molecule has 0 spiro atoms. The van der Waals surface area contributed by atoms with E-state index in [0.29, 0.717) is 13.2 Å². The van der Waals surface area contributed by atoms with E-state index in [-0.39, 0.29) is 29.5 Å². The number of nitrogens with one attached hydrogen (secondary N) is 2. The average molecular weight is 562 g/mol. The van der Waals surface area contributed by atoms with E-state index in [1.54, 1.807) is 0 Å². The maximum absolute atomic E-state index is 6.09. The fourth-order valence-electron chi connectivity index (χ4n) is 3.69. The Labute approximate surface area is 212 Å². The summed E-state index contributed by atoms with van der Waals surface area (Å²) in [4.78, 5) is 9.67. The molecule has 1 aliphatic rings. The van der Waals surface area contributed by atoms with Crippen molar-refractivity contribution in [2.24, 2.45) is 4.99 Å². The molecule has 0 aliphatic carbocycles. The lowest BCUT2D eigenvalue weighted by molar-refractivity contribution is -0.00834. The van der Waals surface area contributed by atoms with Gasteiger partial charge >= 0.3 is 0 Å². The van der Waals surface area contributed by atoms with E-state index in [0.717, 1.165) is 76.3 Å². The monoisotopic (exact) mass is 561 g/mol. The van der Waals surface area contributed by atoms with Gasteiger partial charge in [0, 0.05) is 43.8 Å². The predicted octanol–water partition coefficient (Wildman–Crippen LogP) is 3.19. The molecule has 2 rings (SSSR count). The number of benzene rings is 1. The van der Waals surface area contributed by atoms with Crippen molar-refractivity contribution < 1.29 is 9.47 Å². The highest BCUT2D eigenvalue weighted by molar-refractivity contribution is 14.0. The average Bonchev–Trinajstić information content (AvgIpc) is 2.80. The zero-order chi connectivity index (χ0) is 22.5. The zero-order valence-corrected chi connectivity index (χ0v) is 23.0. The molecule has 0 unspecified atom stereocenters. The van der Waals surface area contributed by atoms with Gasteiger partial charge in [-0.2, -0.15) is 0 Å². The first-order chi connectivity index (χ1) is 15.0. The number of aliphatic imine (C=N–C) groups is 1. The second kappa shape index (κ2) is 15.7. The normalized spacial score (nSPS) is 15.4. The standard InChI is InChI=1S/C24H43N5O2.HI/c1-6-25-23(27-20-24(4,5)29-14-16-30-17-15-29)26-19-21-11-9-10-12-22(21)31-18-13-28(7-2)8-3;/h9-12H,6-8,13-20H2,1-5H3,(H2,25,26,27);1H. The van der Waals surface area contributed by atoms with Crippen LogP contribution in [-0.4, -0.2) is 86.9 Å². The molecule has 8 heteroatoms. The van der Waals surface area contributed by atoms with Crippen molar-refractivity contribution in [1.29, 1.82) is 0 Å². The second-order valence-corrected chi connectivity index (χ2v) is 8.44. The van der Waals surface area contributed by atoms with Gasteiger partial charge in [-0.05, 0) is 39.9 Å². The molecule has 0 radical (unpaired) electrons. The van der Waals surface area contributed by atoms with E-state index in [1.165, 1.54) is 0 Å². The number of nitrogens with zero attached hydrogens (tertiary/aromatic N) is 3. The molecule has 184 valence electrons. The van der Waals surface area contributed by atoms with Crippen LogP contribution >= 0.6 is 24.0 Å². The van der Waals surface area contributed by atoms with E-state index < -0.39 is 0 Å². The minimum absolute atomic E-state index is 0. The Hall–Kier alpha value is -1.10. The Kier molecular flexibility index (Phi) is 14.2. The van der Waals surface area contributed by atoms with E-state index >= 15 is 0 Å². The Morgan fingerprint density at radius 1 is 1.12 bits per heavy atom. The van der Waals surface area contributed by atoms with Gasteiger partial charge in [0.1, 0.15) is 12.4 Å². The number of halogens is 1. The number of morpholine rings is 1. The molecule has 0 bridgehead atoms. The highest BCUT2D eigenvalue weighted by Gasteiger charge is 2.28. The largest absolute Gasteiger partial charge is 0.492 e. The van der Waals surface area contributed by atoms with E-state index in [9.17, 15) is 0 Å². The van der Waals surface area contributed by atoms with Gasteiger partial charge < -0.3 is 25.0 Å². The third-order valence-corrected chi connectivity index (χ3v) is 5.84. The summed E-state index contributed by atoms with van der Waals surface area (Å²) in [7, 11) is 0. The summed E-state index contributed by atoms with van der Waals surface area (Å²) in [6.07, 6.45) is 0. The summed E-state index contributed by atoms with van der Waals surface area (Å²) in [5.41, 5.74) is 1.14. The summed E-state index contributed by atoms with van der Waals surface area (Å²) < 4.78 is 11.6. The summed E-state index contributed by atoms with van der Waals surface area (Å²) in [5, 5.41) is 6.90. The minimum atomic E-state index is 0. The fourth-order valence-corrected chi connectivity index (χ4v) is 3.69. The number of guanidine groups is 1. The third kappa shape index (κ3) is 9.80. The van der Waals surface area contributed by atoms with Gasteiger partial charge in [-0.25, -0.2) is 4.99 Å². The van der Waals surface area contributed by atoms with E-state index in [2.05, 4.69) is 61.1 Å². The molecule has 0 amide bonds. The number of likely N-dealkylation sites (N-methyl/N-ethyl adjacent to an activating group) is 1. The molecule has 1 heterocycles. The summed E-state index contributed by atoms with van der Waals surface area (Å²) in [5.74, 6) is 1.75. The molecule has 32 heavy (non-hydrogen) atoms. The molecule has 1 aliphatic heterocycles. The van der Waals surface area contributed by atoms with Crippen molar-refractivity contribution in [3.63, 3.8) is 0 Å². The lowest BCUT2D eigenvalue weighted by Gasteiger charge is -2.41. The Bertz CT molecular complexity index is 662. The maximum Gasteiger partial charge on any atom is 0.191 e. The minimum Gasteiger partial charge on any atom is -0.492 e. The third-order valence-electron chi connectivity index (χ3n) is 5.84. The van der Waals surface area contributed by atoms with Crippen molar-refractivity contribution >= 4 is 29.9 Å². The van der Waals surface area contributed by atoms with Crippen LogP contribution in [0.2, 0.25) is 0 Å². The number of hydrogen-bond acceptors (Lipinski definition) is 5. The van der Waals surface area contributed by atoms with Gasteiger partial charge in [0.25, 0.3) is 0 Å². The molecule has 0 atom stereocenters. The van der Waals surface area contributed by atoms with Gasteiger partial charge in [0.05, 0.1) is 19.8 Å². The first kappa shape index (κ1) is 28.9. The predicted molar refractivity (Wildman–Crippen MR) is 144 cm³/mol. The van der Waals surface area contributed by atoms with Crippen molar-refractivity contribution in [2.75, 3.05) is 65.6 Å². The summed E-state index contributed by atoms with van der Waals surface area (Å²) in [6.45, 7) is 20.5. The zero-order valence-electron chi connectivity index (χ0n) is 20.7. The quantitative estimate of drug-likeness (QED) is 0.232. The van der Waals surface area contributed by atoms with Gasteiger partial charge in [-0.3, -0.25) is 4.90 Å². The van der Waals surface area contributed by atoms with Gasteiger partial charge in [-0.15, -0.1) is 24.0 Å². The van der Waals surface area contributed by atoms with Crippen LogP contribution in [-0.2, 0) is 11.3 Å². The molecule has 0 saturated carbocycles. The number of para-hydroxylation sites is 1. The summed E-state index contributed by atoms with van der Waals surface area (Å²) in [6, 6.07) is 8.20. The molecular formula is C24H44IN5O2. The van der Waals surface area contributed by atoms with Crippen molar-refractivity contribution in [3.8, 4) is 5.75 Å². The van der Waals surface area contributed by atoms with E-state index in [4.69, 9.17) is 14.5 Å². The molecule has 2 N–H and O–H groups in total. The van der Waals surface area contributed by atoms with Crippen molar-refractivity contribution in [2.45, 2.75) is 46.7 Å². The summed E-state index contributed by atoms with van der Waals surface area (Å²) >= 11 is 0. The van der Waals surface area contributed by atoms with Crippen LogP contribution in [0.1, 0.15) is 40.2 Å². The molecule has 1 saturated heterocycles. The van der Waals surface area contributed by atoms with Gasteiger partial charge in [0.2, 0.25) is 0 Å². The fraction of sp³-hybridized carbons (Fsp3) is 0.708. The Balaban J connectivity index is 0.00000512. The van der Waals surface area contributed by atoms with Crippen LogP contribution in [0, 0.1) is 0 Å². The Morgan fingerprint density at radius 3 is 2.47 bits per heavy atom. The smallest absolute Gasteiger partial charge is 0.191 e. The maximum atomic E-state index is 6.09. The van der Waals surface area contributed by atoms with Crippen LogP contribution in [0.25, 0.3) is 0 Å². The van der Waals surface area contributed by atoms with Crippen LogP contribution in [0.4, 0.5) is 0 Å². The topological polar surface area (TPSA) is 61.4 Å². The first-order valence-corrected chi connectivity index (χ1v) is 11.8. The second-order valence-electron chi connectivity index (χ2n) is 8.44. The molecule has 7 nitrogen and oxygen atoms in total. The number of hydrogen-bond donors (Lipinski definition) is 2. The Morgan fingerprint density at radius 2 is 1.81 bits per heavy atom.